The molecule has 0 radical (unpaired) electrons. The molecule has 0 aromatic heterocycles. The van der Waals surface area contributed by atoms with Crippen molar-refractivity contribution in [3.05, 3.63) is 0 Å². The monoisotopic (exact) mass is 209 g/mol. The molecule has 2 saturated heterocycles. The maximum absolute atomic E-state index is 2.68. The summed E-state index contributed by atoms with van der Waals surface area (Å²) >= 11 is 0. The van der Waals surface area contributed by atoms with Gasteiger partial charge in [-0.2, -0.15) is 0 Å². The summed E-state index contributed by atoms with van der Waals surface area (Å²) in [6.45, 7) is 9.69. The number of fused-ring (bicyclic) bond motifs is 2. The Kier molecular flexibility index (Phi) is 3.12. The lowest BCUT2D eigenvalue weighted by Gasteiger charge is -2.46. The van der Waals surface area contributed by atoms with Crippen molar-refractivity contribution >= 4 is 0 Å². The Morgan fingerprint density at radius 2 is 1.67 bits per heavy atom. The van der Waals surface area contributed by atoms with E-state index in [4.69, 9.17) is 0 Å². The number of hydrogen-bond donors (Lipinski definition) is 0. The quantitative estimate of drug-likeness (QED) is 0.674. The number of rotatable bonds is 2. The van der Waals surface area contributed by atoms with Gasteiger partial charge in [-0.05, 0) is 50.0 Å². The summed E-state index contributed by atoms with van der Waals surface area (Å²) in [4.78, 5) is 2.68. The summed E-state index contributed by atoms with van der Waals surface area (Å²) in [5, 5.41) is 0. The van der Waals surface area contributed by atoms with Crippen LogP contribution in [0.4, 0.5) is 0 Å². The third kappa shape index (κ3) is 1.84. The highest BCUT2D eigenvalue weighted by molar-refractivity contribution is 5.00. The summed E-state index contributed by atoms with van der Waals surface area (Å²) in [7, 11) is 2.36. The van der Waals surface area contributed by atoms with Gasteiger partial charge in [0.25, 0.3) is 0 Å². The molecular weight excluding hydrogens is 182 g/mol. The molecule has 2 fully saturated rings. The van der Waals surface area contributed by atoms with Crippen LogP contribution >= 0.6 is 0 Å². The molecule has 15 heavy (non-hydrogen) atoms. The molecule has 0 amide bonds. The third-order valence-electron chi connectivity index (χ3n) is 5.00. The summed E-state index contributed by atoms with van der Waals surface area (Å²) in [5.74, 6) is 3.63. The topological polar surface area (TPSA) is 3.24 Å². The lowest BCUT2D eigenvalue weighted by Crippen LogP contribution is -2.49. The molecule has 4 atom stereocenters. The fraction of sp³-hybridized carbons (Fsp3) is 1.00. The Morgan fingerprint density at radius 1 is 1.00 bits per heavy atom. The minimum absolute atomic E-state index is 0.851. The highest BCUT2D eigenvalue weighted by Gasteiger charge is 2.46. The summed E-state index contributed by atoms with van der Waals surface area (Å²) in [6.07, 6.45) is 4.36. The molecule has 2 heterocycles. The molecular formula is C14H27N. The molecule has 0 N–H and O–H groups in total. The zero-order chi connectivity index (χ0) is 11.2. The lowest BCUT2D eigenvalue weighted by atomic mass is 9.69. The zero-order valence-electron chi connectivity index (χ0n) is 11.0. The first-order valence-corrected chi connectivity index (χ1v) is 6.74. The van der Waals surface area contributed by atoms with E-state index in [0.717, 1.165) is 35.8 Å². The molecule has 2 rings (SSSR count). The molecule has 0 aromatic rings. The summed E-state index contributed by atoms with van der Waals surface area (Å²) in [5.41, 5.74) is 0. The largest absolute Gasteiger partial charge is 0.300 e. The average Bonchev–Trinajstić information content (AvgIpc) is 2.41. The first-order valence-electron chi connectivity index (χ1n) is 6.74. The van der Waals surface area contributed by atoms with Gasteiger partial charge in [0.1, 0.15) is 0 Å². The Balaban J connectivity index is 2.20. The molecule has 1 heteroatoms. The van der Waals surface area contributed by atoms with Crippen LogP contribution in [0.2, 0.25) is 0 Å². The first kappa shape index (κ1) is 11.4. The molecule has 4 unspecified atom stereocenters. The van der Waals surface area contributed by atoms with E-state index >= 15 is 0 Å². The van der Waals surface area contributed by atoms with Gasteiger partial charge in [0, 0.05) is 12.1 Å². The number of piperidine rings is 1. The first-order chi connectivity index (χ1) is 7.02. The maximum atomic E-state index is 2.68. The molecule has 0 saturated carbocycles. The van der Waals surface area contributed by atoms with Gasteiger partial charge in [-0.1, -0.05) is 27.7 Å². The highest BCUT2D eigenvalue weighted by Crippen LogP contribution is 2.46. The highest BCUT2D eigenvalue weighted by atomic mass is 15.2. The molecule has 2 bridgehead atoms. The van der Waals surface area contributed by atoms with Crippen LogP contribution in [-0.4, -0.2) is 24.0 Å². The van der Waals surface area contributed by atoms with Crippen LogP contribution in [0.1, 0.15) is 47.0 Å². The number of hydrogen-bond acceptors (Lipinski definition) is 1. The molecule has 2 aliphatic rings. The van der Waals surface area contributed by atoms with E-state index in [0.29, 0.717) is 0 Å². The van der Waals surface area contributed by atoms with Gasteiger partial charge in [-0.15, -0.1) is 0 Å². The standard InChI is InChI=1S/C14H27N/c1-9(2)12-8-11-6-7-13(15(11)5)14(12)10(3)4/h9-14H,6-8H2,1-5H3. The van der Waals surface area contributed by atoms with E-state index in [2.05, 4.69) is 39.6 Å². The van der Waals surface area contributed by atoms with Crippen molar-refractivity contribution in [1.82, 2.24) is 4.90 Å². The SMILES string of the molecule is CC(C)C1CC2CCC(C1C(C)C)N2C. The van der Waals surface area contributed by atoms with Crippen LogP contribution in [-0.2, 0) is 0 Å². The van der Waals surface area contributed by atoms with Crippen molar-refractivity contribution in [2.75, 3.05) is 7.05 Å². The van der Waals surface area contributed by atoms with E-state index in [1.165, 1.54) is 19.3 Å². The number of nitrogens with zero attached hydrogens (tertiary/aromatic N) is 1. The Bertz CT molecular complexity index is 221. The van der Waals surface area contributed by atoms with E-state index in [1.54, 1.807) is 0 Å². The summed E-state index contributed by atoms with van der Waals surface area (Å²) < 4.78 is 0. The van der Waals surface area contributed by atoms with E-state index < -0.39 is 0 Å². The molecule has 88 valence electrons. The Morgan fingerprint density at radius 3 is 2.20 bits per heavy atom. The van der Waals surface area contributed by atoms with Gasteiger partial charge in [0.05, 0.1) is 0 Å². The predicted molar refractivity (Wildman–Crippen MR) is 65.8 cm³/mol. The fourth-order valence-corrected chi connectivity index (χ4v) is 4.20. The van der Waals surface area contributed by atoms with Crippen LogP contribution in [0.3, 0.4) is 0 Å². The zero-order valence-corrected chi connectivity index (χ0v) is 11.0. The second kappa shape index (κ2) is 4.08. The molecule has 0 aliphatic carbocycles. The van der Waals surface area contributed by atoms with Crippen molar-refractivity contribution in [1.29, 1.82) is 0 Å². The van der Waals surface area contributed by atoms with Crippen LogP contribution in [0.15, 0.2) is 0 Å². The van der Waals surface area contributed by atoms with Crippen molar-refractivity contribution in [3.8, 4) is 0 Å². The summed E-state index contributed by atoms with van der Waals surface area (Å²) in [6, 6.07) is 1.79. The molecule has 0 aromatic carbocycles. The van der Waals surface area contributed by atoms with Gasteiger partial charge >= 0.3 is 0 Å². The smallest absolute Gasteiger partial charge is 0.0129 e. The lowest BCUT2D eigenvalue weighted by molar-refractivity contribution is 0.0197. The van der Waals surface area contributed by atoms with Crippen LogP contribution in [0.25, 0.3) is 0 Å². The van der Waals surface area contributed by atoms with E-state index in [1.807, 2.05) is 0 Å². The third-order valence-corrected chi connectivity index (χ3v) is 5.00. The molecule has 2 aliphatic heterocycles. The van der Waals surface area contributed by atoms with Crippen LogP contribution in [0, 0.1) is 23.7 Å². The van der Waals surface area contributed by atoms with Gasteiger partial charge < -0.3 is 4.90 Å². The van der Waals surface area contributed by atoms with Gasteiger partial charge in [0.15, 0.2) is 0 Å². The minimum atomic E-state index is 0.851. The van der Waals surface area contributed by atoms with Gasteiger partial charge in [0.2, 0.25) is 0 Å². The van der Waals surface area contributed by atoms with Gasteiger partial charge in [-0.25, -0.2) is 0 Å². The van der Waals surface area contributed by atoms with E-state index in [-0.39, 0.29) is 0 Å². The minimum Gasteiger partial charge on any atom is -0.300 e. The Labute approximate surface area is 95.2 Å². The second-order valence-corrected chi connectivity index (χ2v) is 6.43. The van der Waals surface area contributed by atoms with Crippen molar-refractivity contribution in [2.45, 2.75) is 59.0 Å². The fourth-order valence-electron chi connectivity index (χ4n) is 4.20. The van der Waals surface area contributed by atoms with Gasteiger partial charge in [-0.3, -0.25) is 0 Å². The molecule has 1 nitrogen and oxygen atoms in total. The van der Waals surface area contributed by atoms with Crippen molar-refractivity contribution < 1.29 is 0 Å². The second-order valence-electron chi connectivity index (χ2n) is 6.43. The normalized spacial score (nSPS) is 41.8. The van der Waals surface area contributed by atoms with Crippen molar-refractivity contribution in [3.63, 3.8) is 0 Å². The predicted octanol–water partition coefficient (Wildman–Crippen LogP) is 3.40. The average molecular weight is 209 g/mol. The van der Waals surface area contributed by atoms with Crippen LogP contribution < -0.4 is 0 Å². The maximum Gasteiger partial charge on any atom is 0.0129 e. The Hall–Kier alpha value is -0.0400. The van der Waals surface area contributed by atoms with E-state index in [9.17, 15) is 0 Å². The van der Waals surface area contributed by atoms with Crippen LogP contribution in [0.5, 0.6) is 0 Å². The molecule has 0 spiro atoms. The van der Waals surface area contributed by atoms with Crippen molar-refractivity contribution in [2.24, 2.45) is 23.7 Å².